The second-order valence-corrected chi connectivity index (χ2v) is 7.78. The Labute approximate surface area is 185 Å². The molecule has 0 unspecified atom stereocenters. The van der Waals surface area contributed by atoms with E-state index in [0.29, 0.717) is 12.4 Å². The maximum atomic E-state index is 6.37. The summed E-state index contributed by atoms with van der Waals surface area (Å²) >= 11 is 0. The highest BCUT2D eigenvalue weighted by Crippen LogP contribution is 2.28. The molecule has 0 radical (unpaired) electrons. The molecule has 160 valence electrons. The van der Waals surface area contributed by atoms with Gasteiger partial charge in [-0.05, 0) is 41.8 Å². The number of anilines is 1. The first-order valence-electron chi connectivity index (χ1n) is 10.5. The van der Waals surface area contributed by atoms with Gasteiger partial charge in [0.2, 0.25) is 0 Å². The number of fused-ring (bicyclic) bond motifs is 2. The van der Waals surface area contributed by atoms with Crippen LogP contribution in [-0.2, 0) is 6.42 Å². The van der Waals surface area contributed by atoms with E-state index in [4.69, 9.17) is 10.5 Å². The van der Waals surface area contributed by atoms with Crippen molar-refractivity contribution in [3.63, 3.8) is 0 Å². The first kappa shape index (κ1) is 20.0. The lowest BCUT2D eigenvalue weighted by atomic mass is 10.0. The van der Waals surface area contributed by atoms with Crippen LogP contribution < -0.4 is 15.8 Å². The molecule has 4 N–H and O–H groups in total. The van der Waals surface area contributed by atoms with Gasteiger partial charge in [-0.1, -0.05) is 24.3 Å². The highest BCUT2D eigenvalue weighted by molar-refractivity contribution is 5.93. The van der Waals surface area contributed by atoms with Crippen molar-refractivity contribution in [1.82, 2.24) is 20.2 Å². The fourth-order valence-electron chi connectivity index (χ4n) is 3.94. The molecule has 2 aromatic carbocycles. The largest absolute Gasteiger partial charge is 0.490 e. The molecule has 5 aromatic rings. The van der Waals surface area contributed by atoms with Crippen molar-refractivity contribution in [2.24, 2.45) is 5.73 Å². The first-order valence-corrected chi connectivity index (χ1v) is 10.5. The van der Waals surface area contributed by atoms with E-state index in [1.165, 1.54) is 10.9 Å². The number of ether oxygens (including phenoxy) is 1. The first-order chi connectivity index (χ1) is 15.7. The SMILES string of the molecule is CNc1cnnc2ccc(-c3cncc(OC[C@@H](N)Cc4c[nH]c5ccccc45)c3)cc12. The van der Waals surface area contributed by atoms with Crippen LogP contribution in [0.1, 0.15) is 5.56 Å². The summed E-state index contributed by atoms with van der Waals surface area (Å²) in [4.78, 5) is 7.66. The number of H-pyrrole nitrogens is 1. The van der Waals surface area contributed by atoms with Gasteiger partial charge in [-0.3, -0.25) is 4.98 Å². The molecule has 0 amide bonds. The van der Waals surface area contributed by atoms with Crippen LogP contribution in [0.15, 0.2) is 73.3 Å². The van der Waals surface area contributed by atoms with Crippen LogP contribution in [0, 0.1) is 0 Å². The topological polar surface area (TPSA) is 102 Å². The van der Waals surface area contributed by atoms with E-state index in [9.17, 15) is 0 Å². The minimum Gasteiger partial charge on any atom is -0.490 e. The maximum Gasteiger partial charge on any atom is 0.138 e. The summed E-state index contributed by atoms with van der Waals surface area (Å²) in [7, 11) is 1.87. The molecule has 0 aliphatic carbocycles. The molecule has 0 aliphatic heterocycles. The van der Waals surface area contributed by atoms with Crippen LogP contribution in [0.2, 0.25) is 0 Å². The summed E-state index contributed by atoms with van der Waals surface area (Å²) in [5, 5.41) is 13.6. The van der Waals surface area contributed by atoms with Gasteiger partial charge in [0.05, 0.1) is 23.6 Å². The van der Waals surface area contributed by atoms with Crippen molar-refractivity contribution in [1.29, 1.82) is 0 Å². The summed E-state index contributed by atoms with van der Waals surface area (Å²) in [6.07, 6.45) is 8.02. The van der Waals surface area contributed by atoms with Crippen molar-refractivity contribution in [3.05, 3.63) is 78.9 Å². The number of rotatable bonds is 7. The van der Waals surface area contributed by atoms with Crippen molar-refractivity contribution in [3.8, 4) is 16.9 Å². The molecule has 0 bridgehead atoms. The van der Waals surface area contributed by atoms with Crippen LogP contribution in [-0.4, -0.2) is 39.9 Å². The van der Waals surface area contributed by atoms with E-state index >= 15 is 0 Å². The molecule has 5 rings (SSSR count). The number of hydrogen-bond acceptors (Lipinski definition) is 6. The van der Waals surface area contributed by atoms with E-state index in [1.54, 1.807) is 12.4 Å². The van der Waals surface area contributed by atoms with Gasteiger partial charge in [-0.25, -0.2) is 0 Å². The quantitative estimate of drug-likeness (QED) is 0.363. The molecule has 0 spiro atoms. The third-order valence-electron chi connectivity index (χ3n) is 5.58. The predicted octanol–water partition coefficient (Wildman–Crippen LogP) is 4.16. The molecule has 0 fully saturated rings. The maximum absolute atomic E-state index is 6.37. The van der Waals surface area contributed by atoms with Crippen molar-refractivity contribution in [2.45, 2.75) is 12.5 Å². The highest BCUT2D eigenvalue weighted by atomic mass is 16.5. The third-order valence-corrected chi connectivity index (χ3v) is 5.58. The molecule has 0 saturated heterocycles. The zero-order chi connectivity index (χ0) is 21.9. The fraction of sp³-hybridized carbons (Fsp3) is 0.160. The Morgan fingerprint density at radius 1 is 1.03 bits per heavy atom. The third kappa shape index (κ3) is 3.98. The molecular weight excluding hydrogens is 400 g/mol. The average Bonchev–Trinajstić information content (AvgIpc) is 3.25. The second-order valence-electron chi connectivity index (χ2n) is 7.78. The van der Waals surface area contributed by atoms with Crippen molar-refractivity contribution in [2.75, 3.05) is 19.0 Å². The normalized spacial score (nSPS) is 12.2. The molecule has 0 aliphatic rings. The summed E-state index contributed by atoms with van der Waals surface area (Å²) in [6, 6.07) is 16.2. The number of pyridine rings is 1. The molecule has 3 aromatic heterocycles. The predicted molar refractivity (Wildman–Crippen MR) is 128 cm³/mol. The Bertz CT molecular complexity index is 1380. The summed E-state index contributed by atoms with van der Waals surface area (Å²) in [5.74, 6) is 0.693. The standard InChI is InChI=1S/C25H24N6O/c1-27-25-14-30-31-24-7-6-16(10-22(24)25)17-9-20(13-28-11-17)32-15-19(26)8-18-12-29-23-5-3-2-4-21(18)23/h2-7,9-14,19,29H,8,15,26H2,1H3,(H,27,31)/t19-/m0/s1. The van der Waals surface area contributed by atoms with E-state index in [0.717, 1.165) is 39.7 Å². The number of nitrogens with two attached hydrogens (primary N) is 1. The van der Waals surface area contributed by atoms with Crippen LogP contribution in [0.4, 0.5) is 5.69 Å². The van der Waals surface area contributed by atoms with Crippen LogP contribution in [0.25, 0.3) is 32.9 Å². The Hall–Kier alpha value is -3.97. The number of benzene rings is 2. The highest BCUT2D eigenvalue weighted by Gasteiger charge is 2.11. The van der Waals surface area contributed by atoms with Gasteiger partial charge < -0.3 is 20.8 Å². The number of hydrogen-bond donors (Lipinski definition) is 3. The van der Waals surface area contributed by atoms with Crippen molar-refractivity contribution >= 4 is 27.5 Å². The van der Waals surface area contributed by atoms with Gasteiger partial charge in [-0.15, -0.1) is 0 Å². The molecular formula is C25H24N6O. The molecule has 1 atom stereocenters. The van der Waals surface area contributed by atoms with Gasteiger partial charge in [0.25, 0.3) is 0 Å². The molecule has 0 saturated carbocycles. The van der Waals surface area contributed by atoms with Gasteiger partial charge >= 0.3 is 0 Å². The van der Waals surface area contributed by atoms with Crippen LogP contribution >= 0.6 is 0 Å². The molecule has 32 heavy (non-hydrogen) atoms. The van der Waals surface area contributed by atoms with Gasteiger partial charge in [0.15, 0.2) is 0 Å². The van der Waals surface area contributed by atoms with Crippen LogP contribution in [0.5, 0.6) is 5.75 Å². The molecule has 7 heteroatoms. The smallest absolute Gasteiger partial charge is 0.138 e. The van der Waals surface area contributed by atoms with Crippen LogP contribution in [0.3, 0.4) is 0 Å². The van der Waals surface area contributed by atoms with Crippen molar-refractivity contribution < 1.29 is 4.74 Å². The lowest BCUT2D eigenvalue weighted by Crippen LogP contribution is -2.30. The molecule has 3 heterocycles. The van der Waals surface area contributed by atoms with E-state index in [1.807, 2.05) is 49.8 Å². The van der Waals surface area contributed by atoms with E-state index in [-0.39, 0.29) is 6.04 Å². The van der Waals surface area contributed by atoms with Gasteiger partial charge in [0, 0.05) is 47.3 Å². The lowest BCUT2D eigenvalue weighted by Gasteiger charge is -2.13. The summed E-state index contributed by atoms with van der Waals surface area (Å²) < 4.78 is 5.99. The molecule has 7 nitrogen and oxygen atoms in total. The minimum absolute atomic E-state index is 0.129. The van der Waals surface area contributed by atoms with Gasteiger partial charge in [0.1, 0.15) is 12.4 Å². The lowest BCUT2D eigenvalue weighted by molar-refractivity contribution is 0.287. The second kappa shape index (κ2) is 8.64. The average molecular weight is 425 g/mol. The Morgan fingerprint density at radius 2 is 1.94 bits per heavy atom. The minimum atomic E-state index is -0.129. The number of nitrogens with one attached hydrogen (secondary N) is 2. The van der Waals surface area contributed by atoms with E-state index < -0.39 is 0 Å². The number of nitrogens with zero attached hydrogens (tertiary/aromatic N) is 3. The number of para-hydroxylation sites is 1. The Morgan fingerprint density at radius 3 is 2.84 bits per heavy atom. The number of aromatic amines is 1. The Kier molecular flexibility index (Phi) is 5.39. The van der Waals surface area contributed by atoms with E-state index in [2.05, 4.69) is 43.7 Å². The van der Waals surface area contributed by atoms with Gasteiger partial charge in [-0.2, -0.15) is 10.2 Å². The zero-order valence-electron chi connectivity index (χ0n) is 17.7. The monoisotopic (exact) mass is 424 g/mol. The fourth-order valence-corrected chi connectivity index (χ4v) is 3.94. The number of aromatic nitrogens is 4. The summed E-state index contributed by atoms with van der Waals surface area (Å²) in [6.45, 7) is 0.405. The zero-order valence-corrected chi connectivity index (χ0v) is 17.7. The Balaban J connectivity index is 1.30. The summed E-state index contributed by atoms with van der Waals surface area (Å²) in [5.41, 5.74) is 12.5.